The van der Waals surface area contributed by atoms with Gasteiger partial charge in [-0.3, -0.25) is 14.9 Å². The summed E-state index contributed by atoms with van der Waals surface area (Å²) in [4.78, 5) is 27.5. The lowest BCUT2D eigenvalue weighted by Crippen LogP contribution is -2.28. The number of benzene rings is 2. The summed E-state index contributed by atoms with van der Waals surface area (Å²) >= 11 is 0. The molecule has 9 heteroatoms. The molecule has 4 aromatic rings. The minimum Gasteiger partial charge on any atom is -0.487 e. The first-order valence-electron chi connectivity index (χ1n) is 10.4. The molecule has 0 saturated carbocycles. The summed E-state index contributed by atoms with van der Waals surface area (Å²) in [7, 11) is 0. The topological polar surface area (TPSA) is 111 Å². The molecule has 0 aliphatic rings. The Bertz CT molecular complexity index is 1280. The number of nitro benzene ring substituents is 1. The normalized spacial score (nSPS) is 10.7. The molecule has 0 aliphatic carbocycles. The van der Waals surface area contributed by atoms with E-state index in [9.17, 15) is 14.9 Å². The van der Waals surface area contributed by atoms with E-state index in [0.717, 1.165) is 16.9 Å². The number of fused-ring (bicyclic) bond motifs is 1. The molecule has 2 heterocycles. The number of imidazole rings is 1. The number of carbonyl (C=O) groups is 1. The summed E-state index contributed by atoms with van der Waals surface area (Å²) in [5.41, 5.74) is 3.72. The monoisotopic (exact) mass is 445 g/mol. The number of ether oxygens (including phenoxy) is 1. The van der Waals surface area contributed by atoms with Crippen molar-refractivity contribution in [2.24, 2.45) is 0 Å². The van der Waals surface area contributed by atoms with Gasteiger partial charge in [-0.2, -0.15) is 0 Å². The minimum absolute atomic E-state index is 0.00168. The molecule has 1 amide bonds. The molecule has 0 radical (unpaired) electrons. The van der Waals surface area contributed by atoms with E-state index < -0.39 is 4.92 Å². The van der Waals surface area contributed by atoms with Crippen LogP contribution in [-0.2, 0) is 6.61 Å². The number of hydrogen-bond donors (Lipinski definition) is 2. The first-order valence-corrected chi connectivity index (χ1v) is 10.4. The molecule has 2 aromatic carbocycles. The third kappa shape index (κ3) is 5.27. The molecule has 0 saturated heterocycles. The number of carbonyl (C=O) groups excluding carboxylic acids is 1. The summed E-state index contributed by atoms with van der Waals surface area (Å²) in [5, 5.41) is 16.8. The van der Waals surface area contributed by atoms with Gasteiger partial charge in [-0.1, -0.05) is 18.2 Å². The number of nitrogens with one attached hydrogen (secondary N) is 2. The van der Waals surface area contributed by atoms with Crippen LogP contribution < -0.4 is 15.4 Å². The Labute approximate surface area is 190 Å². The summed E-state index contributed by atoms with van der Waals surface area (Å²) in [6.45, 7) is 3.01. The van der Waals surface area contributed by atoms with E-state index in [-0.39, 0.29) is 11.6 Å². The predicted octanol–water partition coefficient (Wildman–Crippen LogP) is 3.97. The second kappa shape index (κ2) is 9.82. The second-order valence-corrected chi connectivity index (χ2v) is 7.42. The van der Waals surface area contributed by atoms with Crippen LogP contribution in [-0.4, -0.2) is 33.3 Å². The molecule has 168 valence electrons. The fourth-order valence-corrected chi connectivity index (χ4v) is 3.39. The number of aromatic nitrogens is 2. The van der Waals surface area contributed by atoms with Crippen LogP contribution in [0.1, 0.15) is 21.6 Å². The van der Waals surface area contributed by atoms with Gasteiger partial charge in [0.05, 0.1) is 10.6 Å². The van der Waals surface area contributed by atoms with Crippen LogP contribution in [0, 0.1) is 17.0 Å². The third-order valence-electron chi connectivity index (χ3n) is 5.06. The standard InChI is InChI=1S/C24H23N5O4/c1-17-5-4-14-28-15-19(27-23(17)28)16-33-20-10-8-18(9-11-20)24(30)26-13-12-25-21-6-2-3-7-22(21)29(31)32/h2-11,14-15,25H,12-13,16H2,1H3,(H,26,30). The number of pyridine rings is 1. The van der Waals surface area contributed by atoms with Crippen molar-refractivity contribution in [3.63, 3.8) is 0 Å². The smallest absolute Gasteiger partial charge is 0.292 e. The summed E-state index contributed by atoms with van der Waals surface area (Å²) in [6, 6.07) is 17.2. The van der Waals surface area contributed by atoms with Crippen molar-refractivity contribution in [3.05, 3.63) is 100.0 Å². The lowest BCUT2D eigenvalue weighted by Gasteiger charge is -2.09. The van der Waals surface area contributed by atoms with Crippen molar-refractivity contribution in [3.8, 4) is 5.75 Å². The van der Waals surface area contributed by atoms with Gasteiger partial charge in [-0.05, 0) is 48.9 Å². The maximum atomic E-state index is 12.4. The summed E-state index contributed by atoms with van der Waals surface area (Å²) in [5.74, 6) is 0.403. The number of aryl methyl sites for hydroxylation is 1. The van der Waals surface area contributed by atoms with Crippen molar-refractivity contribution < 1.29 is 14.5 Å². The van der Waals surface area contributed by atoms with Gasteiger partial charge in [-0.25, -0.2) is 4.98 Å². The van der Waals surface area contributed by atoms with Gasteiger partial charge in [0.2, 0.25) is 0 Å². The summed E-state index contributed by atoms with van der Waals surface area (Å²) in [6.07, 6.45) is 3.88. The Hall–Kier alpha value is -4.40. The van der Waals surface area contributed by atoms with Gasteiger partial charge < -0.3 is 19.8 Å². The Morgan fingerprint density at radius 2 is 1.88 bits per heavy atom. The van der Waals surface area contributed by atoms with E-state index in [4.69, 9.17) is 4.74 Å². The lowest BCUT2D eigenvalue weighted by molar-refractivity contribution is -0.384. The molecular weight excluding hydrogens is 422 g/mol. The molecule has 0 bridgehead atoms. The number of anilines is 1. The average Bonchev–Trinajstić information content (AvgIpc) is 3.25. The van der Waals surface area contributed by atoms with Crippen molar-refractivity contribution in [2.45, 2.75) is 13.5 Å². The van der Waals surface area contributed by atoms with E-state index in [2.05, 4.69) is 15.6 Å². The number of hydrogen-bond acceptors (Lipinski definition) is 6. The molecule has 33 heavy (non-hydrogen) atoms. The zero-order chi connectivity index (χ0) is 23.2. The molecule has 2 aromatic heterocycles. The molecule has 2 N–H and O–H groups in total. The third-order valence-corrected chi connectivity index (χ3v) is 5.06. The van der Waals surface area contributed by atoms with E-state index >= 15 is 0 Å². The molecular formula is C24H23N5O4. The van der Waals surface area contributed by atoms with Gasteiger partial charge in [0.15, 0.2) is 0 Å². The number of amides is 1. The molecule has 9 nitrogen and oxygen atoms in total. The zero-order valence-corrected chi connectivity index (χ0v) is 18.0. The van der Waals surface area contributed by atoms with Crippen LogP contribution in [0.3, 0.4) is 0 Å². The van der Waals surface area contributed by atoms with Crippen LogP contribution in [0.25, 0.3) is 5.65 Å². The molecule has 0 fully saturated rings. The van der Waals surface area contributed by atoms with E-state index in [1.807, 2.05) is 35.9 Å². The number of nitro groups is 1. The quantitative estimate of drug-likeness (QED) is 0.229. The molecule has 4 rings (SSSR count). The number of nitrogens with zero attached hydrogens (tertiary/aromatic N) is 3. The van der Waals surface area contributed by atoms with E-state index in [1.54, 1.807) is 42.5 Å². The number of para-hydroxylation sites is 2. The minimum atomic E-state index is -0.444. The van der Waals surface area contributed by atoms with Crippen LogP contribution in [0.15, 0.2) is 73.1 Å². The van der Waals surface area contributed by atoms with Crippen LogP contribution in [0.2, 0.25) is 0 Å². The highest BCUT2D eigenvalue weighted by Crippen LogP contribution is 2.22. The van der Waals surface area contributed by atoms with E-state index in [1.165, 1.54) is 6.07 Å². The predicted molar refractivity (Wildman–Crippen MR) is 125 cm³/mol. The fraction of sp³-hybridized carbons (Fsp3) is 0.167. The fourth-order valence-electron chi connectivity index (χ4n) is 3.39. The Morgan fingerprint density at radius 1 is 1.09 bits per heavy atom. The van der Waals surface area contributed by atoms with Gasteiger partial charge in [-0.15, -0.1) is 0 Å². The highest BCUT2D eigenvalue weighted by molar-refractivity contribution is 5.94. The largest absolute Gasteiger partial charge is 0.487 e. The SMILES string of the molecule is Cc1cccn2cc(COc3ccc(C(=O)NCCNc4ccccc4[N+](=O)[O-])cc3)nc12. The van der Waals surface area contributed by atoms with Gasteiger partial charge >= 0.3 is 0 Å². The molecule has 0 spiro atoms. The highest BCUT2D eigenvalue weighted by atomic mass is 16.6. The van der Waals surface area contributed by atoms with Crippen molar-refractivity contribution in [1.82, 2.24) is 14.7 Å². The average molecular weight is 445 g/mol. The van der Waals surface area contributed by atoms with Gasteiger partial charge in [0, 0.05) is 37.1 Å². The molecule has 0 aliphatic heterocycles. The van der Waals surface area contributed by atoms with Crippen LogP contribution in [0.5, 0.6) is 5.75 Å². The molecule has 0 atom stereocenters. The van der Waals surface area contributed by atoms with Crippen LogP contribution in [0.4, 0.5) is 11.4 Å². The highest BCUT2D eigenvalue weighted by Gasteiger charge is 2.12. The maximum absolute atomic E-state index is 12.4. The van der Waals surface area contributed by atoms with Crippen LogP contribution >= 0.6 is 0 Å². The first-order chi connectivity index (χ1) is 16.0. The van der Waals surface area contributed by atoms with Gasteiger partial charge in [0.25, 0.3) is 11.6 Å². The maximum Gasteiger partial charge on any atom is 0.292 e. The van der Waals surface area contributed by atoms with Crippen molar-refractivity contribution in [1.29, 1.82) is 0 Å². The van der Waals surface area contributed by atoms with Crippen molar-refractivity contribution in [2.75, 3.05) is 18.4 Å². The van der Waals surface area contributed by atoms with Crippen molar-refractivity contribution >= 4 is 22.9 Å². The zero-order valence-electron chi connectivity index (χ0n) is 18.0. The second-order valence-electron chi connectivity index (χ2n) is 7.42. The summed E-state index contributed by atoms with van der Waals surface area (Å²) < 4.78 is 7.77. The molecule has 0 unspecified atom stereocenters. The Balaban J connectivity index is 1.26. The Kier molecular flexibility index (Phi) is 6.49. The first kappa shape index (κ1) is 21.8. The van der Waals surface area contributed by atoms with Gasteiger partial charge in [0.1, 0.15) is 23.7 Å². The van der Waals surface area contributed by atoms with E-state index in [0.29, 0.717) is 36.7 Å². The lowest BCUT2D eigenvalue weighted by atomic mass is 10.2. The Morgan fingerprint density at radius 3 is 2.64 bits per heavy atom. The number of rotatable bonds is 9.